The number of hydrogen-bond acceptors (Lipinski definition) is 2. The average Bonchev–Trinajstić information content (AvgIpc) is 2.23. The molecule has 3 N–H and O–H groups in total. The van der Waals surface area contributed by atoms with E-state index in [0.717, 1.165) is 0 Å². The highest BCUT2D eigenvalue weighted by Crippen LogP contribution is 2.15. The second-order valence-corrected chi connectivity index (χ2v) is 3.62. The molecule has 0 aliphatic heterocycles. The van der Waals surface area contributed by atoms with Gasteiger partial charge in [-0.3, -0.25) is 4.79 Å². The molecule has 17 heavy (non-hydrogen) atoms. The second-order valence-electron chi connectivity index (χ2n) is 3.62. The zero-order valence-corrected chi connectivity index (χ0v) is 9.45. The lowest BCUT2D eigenvalue weighted by molar-refractivity contribution is -0.138. The van der Waals surface area contributed by atoms with Crippen LogP contribution in [-0.2, 0) is 4.79 Å². The molecule has 0 spiro atoms. The van der Waals surface area contributed by atoms with E-state index in [9.17, 15) is 14.0 Å². The second kappa shape index (κ2) is 5.29. The van der Waals surface area contributed by atoms with Gasteiger partial charge in [0.1, 0.15) is 11.9 Å². The summed E-state index contributed by atoms with van der Waals surface area (Å²) in [6.07, 6.45) is 0. The number of urea groups is 1. The minimum Gasteiger partial charge on any atom is -0.480 e. The Morgan fingerprint density at radius 1 is 1.41 bits per heavy atom. The van der Waals surface area contributed by atoms with E-state index in [-0.39, 0.29) is 0 Å². The standard InChI is InChI=1S/C11H13FN2O3/c1-6-3-4-8(12)5-9(6)14-11(17)13-7(2)10(15)16/h3-5,7H,1-2H3,(H,15,16)(H2,13,14,17)/t7-/m1/s1. The first-order valence-corrected chi connectivity index (χ1v) is 4.96. The quantitative estimate of drug-likeness (QED) is 0.752. The number of carbonyl (C=O) groups excluding carboxylic acids is 1. The van der Waals surface area contributed by atoms with Crippen LogP contribution in [0.15, 0.2) is 18.2 Å². The third kappa shape index (κ3) is 3.75. The molecular formula is C11H13FN2O3. The smallest absolute Gasteiger partial charge is 0.325 e. The number of carboxylic acid groups (broad SMARTS) is 1. The Balaban J connectivity index is 2.68. The number of hydrogen-bond donors (Lipinski definition) is 3. The zero-order chi connectivity index (χ0) is 13.0. The Bertz CT molecular complexity index is 448. The lowest BCUT2D eigenvalue weighted by Gasteiger charge is -2.12. The summed E-state index contributed by atoms with van der Waals surface area (Å²) in [6.45, 7) is 3.04. The lowest BCUT2D eigenvalue weighted by Crippen LogP contribution is -2.40. The maximum absolute atomic E-state index is 12.9. The van der Waals surface area contributed by atoms with Gasteiger partial charge in [0.15, 0.2) is 0 Å². The first kappa shape index (κ1) is 13.0. The summed E-state index contributed by atoms with van der Waals surface area (Å²) in [5.41, 5.74) is 0.990. The van der Waals surface area contributed by atoms with Gasteiger partial charge in [-0.2, -0.15) is 0 Å². The van der Waals surface area contributed by atoms with E-state index in [2.05, 4.69) is 10.6 Å². The summed E-state index contributed by atoms with van der Waals surface area (Å²) in [6, 6.07) is 2.27. The van der Waals surface area contributed by atoms with Crippen LogP contribution in [0, 0.1) is 12.7 Å². The predicted octanol–water partition coefficient (Wildman–Crippen LogP) is 1.73. The summed E-state index contributed by atoms with van der Waals surface area (Å²) >= 11 is 0. The van der Waals surface area contributed by atoms with Crippen molar-refractivity contribution >= 4 is 17.7 Å². The van der Waals surface area contributed by atoms with Gasteiger partial charge in [0.25, 0.3) is 0 Å². The molecule has 1 aromatic rings. The molecule has 0 aromatic heterocycles. The topological polar surface area (TPSA) is 78.4 Å². The number of carbonyl (C=O) groups is 2. The molecule has 0 fully saturated rings. The van der Waals surface area contributed by atoms with Crippen LogP contribution in [0.25, 0.3) is 0 Å². The van der Waals surface area contributed by atoms with Crippen molar-refractivity contribution in [2.24, 2.45) is 0 Å². The summed E-state index contributed by atoms with van der Waals surface area (Å²) in [7, 11) is 0. The van der Waals surface area contributed by atoms with Gasteiger partial charge in [-0.15, -0.1) is 0 Å². The number of amides is 2. The molecule has 0 saturated heterocycles. The Labute approximate surface area is 97.6 Å². The molecule has 0 heterocycles. The molecule has 0 aliphatic rings. The summed E-state index contributed by atoms with van der Waals surface area (Å²) in [4.78, 5) is 21.9. The number of aliphatic carboxylic acids is 1. The molecule has 0 unspecified atom stereocenters. The van der Waals surface area contributed by atoms with Gasteiger partial charge < -0.3 is 15.7 Å². The fraction of sp³-hybridized carbons (Fsp3) is 0.273. The van der Waals surface area contributed by atoms with Crippen LogP contribution >= 0.6 is 0 Å². The fourth-order valence-corrected chi connectivity index (χ4v) is 1.15. The fourth-order valence-electron chi connectivity index (χ4n) is 1.15. The third-order valence-corrected chi connectivity index (χ3v) is 2.17. The molecule has 2 amide bonds. The van der Waals surface area contributed by atoms with Crippen LogP contribution in [-0.4, -0.2) is 23.1 Å². The molecular weight excluding hydrogens is 227 g/mol. The third-order valence-electron chi connectivity index (χ3n) is 2.17. The van der Waals surface area contributed by atoms with Crippen molar-refractivity contribution in [1.29, 1.82) is 0 Å². The predicted molar refractivity (Wildman–Crippen MR) is 60.4 cm³/mol. The maximum atomic E-state index is 12.9. The van der Waals surface area contributed by atoms with Gasteiger partial charge >= 0.3 is 12.0 Å². The molecule has 1 atom stereocenters. The van der Waals surface area contributed by atoms with E-state index in [4.69, 9.17) is 5.11 Å². The van der Waals surface area contributed by atoms with E-state index in [1.54, 1.807) is 6.92 Å². The van der Waals surface area contributed by atoms with Gasteiger partial charge in [-0.05, 0) is 31.5 Å². The molecule has 0 bridgehead atoms. The van der Waals surface area contributed by atoms with Crippen LogP contribution < -0.4 is 10.6 Å². The number of carboxylic acids is 1. The number of benzene rings is 1. The summed E-state index contributed by atoms with van der Waals surface area (Å²) in [5, 5.41) is 13.2. The minimum atomic E-state index is -1.14. The van der Waals surface area contributed by atoms with E-state index >= 15 is 0 Å². The first-order chi connectivity index (χ1) is 7.90. The van der Waals surface area contributed by atoms with Crippen LogP contribution in [0.5, 0.6) is 0 Å². The average molecular weight is 240 g/mol. The maximum Gasteiger partial charge on any atom is 0.325 e. The monoisotopic (exact) mass is 240 g/mol. The van der Waals surface area contributed by atoms with Crippen molar-refractivity contribution in [3.8, 4) is 0 Å². The van der Waals surface area contributed by atoms with Crippen molar-refractivity contribution in [3.05, 3.63) is 29.6 Å². The molecule has 92 valence electrons. The normalized spacial score (nSPS) is 11.7. The molecule has 0 saturated carbocycles. The van der Waals surface area contributed by atoms with E-state index in [0.29, 0.717) is 11.3 Å². The summed E-state index contributed by atoms with van der Waals surface area (Å²) < 4.78 is 12.9. The van der Waals surface area contributed by atoms with Crippen LogP contribution in [0.4, 0.5) is 14.9 Å². The Morgan fingerprint density at radius 2 is 2.06 bits per heavy atom. The Hall–Kier alpha value is -2.11. The largest absolute Gasteiger partial charge is 0.480 e. The number of anilines is 1. The number of aryl methyl sites for hydroxylation is 1. The number of nitrogens with one attached hydrogen (secondary N) is 2. The van der Waals surface area contributed by atoms with Gasteiger partial charge in [0.2, 0.25) is 0 Å². The minimum absolute atomic E-state index is 0.306. The molecule has 1 aromatic carbocycles. The number of halogens is 1. The summed E-state index contributed by atoms with van der Waals surface area (Å²) in [5.74, 6) is -1.62. The van der Waals surface area contributed by atoms with E-state index in [1.807, 2.05) is 0 Å². The van der Waals surface area contributed by atoms with Crippen LogP contribution in [0.3, 0.4) is 0 Å². The Kier molecular flexibility index (Phi) is 4.03. The van der Waals surface area contributed by atoms with Gasteiger partial charge in [-0.1, -0.05) is 6.07 Å². The molecule has 6 heteroatoms. The first-order valence-electron chi connectivity index (χ1n) is 4.96. The lowest BCUT2D eigenvalue weighted by atomic mass is 10.2. The van der Waals surface area contributed by atoms with Crippen molar-refractivity contribution in [1.82, 2.24) is 5.32 Å². The van der Waals surface area contributed by atoms with Gasteiger partial charge in [-0.25, -0.2) is 9.18 Å². The van der Waals surface area contributed by atoms with E-state index in [1.165, 1.54) is 25.1 Å². The van der Waals surface area contributed by atoms with Crippen molar-refractivity contribution in [2.45, 2.75) is 19.9 Å². The van der Waals surface area contributed by atoms with Gasteiger partial charge in [0.05, 0.1) is 0 Å². The Morgan fingerprint density at radius 3 is 2.65 bits per heavy atom. The highest BCUT2D eigenvalue weighted by atomic mass is 19.1. The highest BCUT2D eigenvalue weighted by molar-refractivity contribution is 5.92. The van der Waals surface area contributed by atoms with Crippen LogP contribution in [0.1, 0.15) is 12.5 Å². The zero-order valence-electron chi connectivity index (χ0n) is 9.45. The van der Waals surface area contributed by atoms with Crippen molar-refractivity contribution < 1.29 is 19.1 Å². The van der Waals surface area contributed by atoms with Gasteiger partial charge in [0, 0.05) is 5.69 Å². The van der Waals surface area contributed by atoms with Crippen LogP contribution in [0.2, 0.25) is 0 Å². The van der Waals surface area contributed by atoms with E-state index < -0.39 is 23.9 Å². The SMILES string of the molecule is Cc1ccc(F)cc1NC(=O)N[C@H](C)C(=O)O. The molecule has 1 rings (SSSR count). The molecule has 5 nitrogen and oxygen atoms in total. The number of rotatable bonds is 3. The highest BCUT2D eigenvalue weighted by Gasteiger charge is 2.14. The molecule has 0 aliphatic carbocycles. The van der Waals surface area contributed by atoms with Crippen molar-refractivity contribution in [3.63, 3.8) is 0 Å². The molecule has 0 radical (unpaired) electrons. The van der Waals surface area contributed by atoms with Crippen molar-refractivity contribution in [2.75, 3.05) is 5.32 Å².